The van der Waals surface area contributed by atoms with Gasteiger partial charge in [-0.1, -0.05) is 114 Å². The summed E-state index contributed by atoms with van der Waals surface area (Å²) in [6, 6.07) is 16.2. The molecular formula is C29H44N2O. The van der Waals surface area contributed by atoms with Crippen molar-refractivity contribution in [3.05, 3.63) is 59.7 Å². The summed E-state index contributed by atoms with van der Waals surface area (Å²) in [4.78, 5) is 12.8. The highest BCUT2D eigenvalue weighted by Crippen LogP contribution is 2.21. The zero-order chi connectivity index (χ0) is 22.9. The first-order chi connectivity index (χ1) is 15.7. The number of hydrogen-bond acceptors (Lipinski definition) is 1. The van der Waals surface area contributed by atoms with Crippen LogP contribution in [-0.2, 0) is 12.8 Å². The second-order valence-electron chi connectivity index (χ2n) is 8.93. The second kappa shape index (κ2) is 16.4. The van der Waals surface area contributed by atoms with E-state index in [2.05, 4.69) is 48.7 Å². The lowest BCUT2D eigenvalue weighted by atomic mass is 10.0. The average Bonchev–Trinajstić information content (AvgIpc) is 2.80. The summed E-state index contributed by atoms with van der Waals surface area (Å²) < 4.78 is 0. The van der Waals surface area contributed by atoms with Crippen molar-refractivity contribution in [2.75, 3.05) is 10.6 Å². The highest BCUT2D eigenvalue weighted by atomic mass is 16.2. The SMILES string of the molecule is CCCCCCCCc1ccccc1NC(=O)Nc1ccccc1CCCCCCCC. The van der Waals surface area contributed by atoms with Crippen LogP contribution < -0.4 is 10.6 Å². The maximum Gasteiger partial charge on any atom is 0.323 e. The molecule has 176 valence electrons. The molecule has 32 heavy (non-hydrogen) atoms. The van der Waals surface area contributed by atoms with E-state index in [4.69, 9.17) is 0 Å². The molecule has 0 aliphatic carbocycles. The van der Waals surface area contributed by atoms with Crippen molar-refractivity contribution in [2.45, 2.75) is 104 Å². The van der Waals surface area contributed by atoms with Gasteiger partial charge in [0, 0.05) is 11.4 Å². The maximum absolute atomic E-state index is 12.8. The van der Waals surface area contributed by atoms with E-state index < -0.39 is 0 Å². The minimum Gasteiger partial charge on any atom is -0.307 e. The van der Waals surface area contributed by atoms with Gasteiger partial charge in [0.25, 0.3) is 0 Å². The van der Waals surface area contributed by atoms with Gasteiger partial charge in [-0.15, -0.1) is 0 Å². The van der Waals surface area contributed by atoms with Crippen LogP contribution >= 0.6 is 0 Å². The molecule has 3 nitrogen and oxygen atoms in total. The number of hydrogen-bond donors (Lipinski definition) is 2. The van der Waals surface area contributed by atoms with Crippen molar-refractivity contribution < 1.29 is 4.79 Å². The summed E-state index contributed by atoms with van der Waals surface area (Å²) in [5, 5.41) is 6.18. The molecule has 2 aromatic rings. The van der Waals surface area contributed by atoms with E-state index in [1.807, 2.05) is 24.3 Å². The molecule has 2 aromatic carbocycles. The maximum atomic E-state index is 12.8. The van der Waals surface area contributed by atoms with Crippen LogP contribution in [0.3, 0.4) is 0 Å². The van der Waals surface area contributed by atoms with Crippen molar-refractivity contribution in [2.24, 2.45) is 0 Å². The Labute approximate surface area is 196 Å². The molecule has 0 heterocycles. The molecule has 0 bridgehead atoms. The number of urea groups is 1. The van der Waals surface area contributed by atoms with Crippen LogP contribution in [0.4, 0.5) is 16.2 Å². The van der Waals surface area contributed by atoms with Crippen LogP contribution in [0.5, 0.6) is 0 Å². The van der Waals surface area contributed by atoms with E-state index in [0.29, 0.717) is 0 Å². The lowest BCUT2D eigenvalue weighted by molar-refractivity contribution is 0.262. The Morgan fingerprint density at radius 1 is 0.562 bits per heavy atom. The lowest BCUT2D eigenvalue weighted by Gasteiger charge is -2.14. The summed E-state index contributed by atoms with van der Waals surface area (Å²) in [7, 11) is 0. The van der Waals surface area contributed by atoms with E-state index in [-0.39, 0.29) is 6.03 Å². The van der Waals surface area contributed by atoms with Gasteiger partial charge in [0.05, 0.1) is 0 Å². The number of carbonyl (C=O) groups is 1. The van der Waals surface area contributed by atoms with E-state index in [1.54, 1.807) is 0 Å². The zero-order valence-electron chi connectivity index (χ0n) is 20.4. The van der Waals surface area contributed by atoms with Crippen molar-refractivity contribution in [1.29, 1.82) is 0 Å². The van der Waals surface area contributed by atoms with E-state index in [1.165, 1.54) is 88.2 Å². The molecular weight excluding hydrogens is 392 g/mol. The van der Waals surface area contributed by atoms with Crippen molar-refractivity contribution in [3.63, 3.8) is 0 Å². The topological polar surface area (TPSA) is 41.1 Å². The summed E-state index contributed by atoms with van der Waals surface area (Å²) >= 11 is 0. The minimum absolute atomic E-state index is 0.157. The van der Waals surface area contributed by atoms with Crippen molar-refractivity contribution in [3.8, 4) is 0 Å². The molecule has 2 N–H and O–H groups in total. The Bertz CT molecular complexity index is 708. The molecule has 0 unspecified atom stereocenters. The fraction of sp³-hybridized carbons (Fsp3) is 0.552. The third-order valence-electron chi connectivity index (χ3n) is 6.13. The normalized spacial score (nSPS) is 10.8. The Morgan fingerprint density at radius 2 is 0.938 bits per heavy atom. The lowest BCUT2D eigenvalue weighted by Crippen LogP contribution is -2.21. The monoisotopic (exact) mass is 436 g/mol. The number of rotatable bonds is 16. The predicted molar refractivity (Wildman–Crippen MR) is 140 cm³/mol. The molecule has 0 spiro atoms. The molecule has 0 radical (unpaired) electrons. The zero-order valence-corrected chi connectivity index (χ0v) is 20.4. The smallest absolute Gasteiger partial charge is 0.307 e. The van der Waals surface area contributed by atoms with Crippen LogP contribution in [0.25, 0.3) is 0 Å². The average molecular weight is 437 g/mol. The van der Waals surface area contributed by atoms with Gasteiger partial charge < -0.3 is 10.6 Å². The summed E-state index contributed by atoms with van der Waals surface area (Å²) in [5.74, 6) is 0. The molecule has 0 saturated heterocycles. The fourth-order valence-electron chi connectivity index (χ4n) is 4.19. The van der Waals surface area contributed by atoms with Crippen LogP contribution in [0, 0.1) is 0 Å². The highest BCUT2D eigenvalue weighted by Gasteiger charge is 2.09. The number of carbonyl (C=O) groups excluding carboxylic acids is 1. The molecule has 0 aliphatic heterocycles. The molecule has 2 amide bonds. The van der Waals surface area contributed by atoms with Crippen LogP contribution in [0.2, 0.25) is 0 Å². The number of amides is 2. The van der Waals surface area contributed by atoms with Crippen molar-refractivity contribution >= 4 is 17.4 Å². The largest absolute Gasteiger partial charge is 0.323 e. The van der Waals surface area contributed by atoms with Gasteiger partial charge in [-0.05, 0) is 48.9 Å². The first kappa shape index (κ1) is 26.0. The molecule has 0 fully saturated rings. The molecule has 2 rings (SSSR count). The number of para-hydroxylation sites is 2. The Morgan fingerprint density at radius 3 is 1.38 bits per heavy atom. The predicted octanol–water partition coefficient (Wildman–Crippen LogP) is 9.14. The van der Waals surface area contributed by atoms with Gasteiger partial charge in [-0.25, -0.2) is 4.79 Å². The van der Waals surface area contributed by atoms with Crippen LogP contribution in [0.15, 0.2) is 48.5 Å². The summed E-state index contributed by atoms with van der Waals surface area (Å²) in [6.07, 6.45) is 17.4. The number of nitrogens with one attached hydrogen (secondary N) is 2. The quantitative estimate of drug-likeness (QED) is 0.253. The Hall–Kier alpha value is -2.29. The second-order valence-corrected chi connectivity index (χ2v) is 8.93. The number of anilines is 2. The summed E-state index contributed by atoms with van der Waals surface area (Å²) in [6.45, 7) is 4.50. The summed E-state index contributed by atoms with van der Waals surface area (Å²) in [5.41, 5.74) is 4.29. The van der Waals surface area contributed by atoms with Gasteiger partial charge >= 0.3 is 6.03 Å². The molecule has 0 atom stereocenters. The van der Waals surface area contributed by atoms with Gasteiger partial charge in [-0.2, -0.15) is 0 Å². The highest BCUT2D eigenvalue weighted by molar-refractivity contribution is 6.00. The molecule has 0 aliphatic rings. The van der Waals surface area contributed by atoms with Gasteiger partial charge in [-0.3, -0.25) is 0 Å². The van der Waals surface area contributed by atoms with Gasteiger partial charge in [0.2, 0.25) is 0 Å². The van der Waals surface area contributed by atoms with Crippen LogP contribution in [-0.4, -0.2) is 6.03 Å². The van der Waals surface area contributed by atoms with E-state index in [9.17, 15) is 4.79 Å². The standard InChI is InChI=1S/C29H44N2O/c1-3-5-7-9-11-13-19-25-21-15-17-23-27(25)30-29(32)31-28-24-18-16-22-26(28)20-14-12-10-8-6-4-2/h15-18,21-24H,3-14,19-20H2,1-2H3,(H2,30,31,32). The number of unbranched alkanes of at least 4 members (excludes halogenated alkanes) is 10. The number of benzene rings is 2. The fourth-order valence-corrected chi connectivity index (χ4v) is 4.19. The third kappa shape index (κ3) is 10.3. The first-order valence-electron chi connectivity index (χ1n) is 13.0. The third-order valence-corrected chi connectivity index (χ3v) is 6.13. The van der Waals surface area contributed by atoms with Gasteiger partial charge in [0.1, 0.15) is 0 Å². The van der Waals surface area contributed by atoms with Crippen LogP contribution in [0.1, 0.15) is 102 Å². The Balaban J connectivity index is 1.84. The molecule has 0 aromatic heterocycles. The minimum atomic E-state index is -0.157. The van der Waals surface area contributed by atoms with E-state index in [0.717, 1.165) is 24.2 Å². The van der Waals surface area contributed by atoms with Crippen molar-refractivity contribution in [1.82, 2.24) is 0 Å². The molecule has 3 heteroatoms. The first-order valence-corrected chi connectivity index (χ1v) is 13.0. The number of aryl methyl sites for hydroxylation is 2. The van der Waals surface area contributed by atoms with Gasteiger partial charge in [0.15, 0.2) is 0 Å². The Kier molecular flexibility index (Phi) is 13.3. The van der Waals surface area contributed by atoms with E-state index >= 15 is 0 Å². The molecule has 0 saturated carbocycles.